The number of carboxylic acids is 1. The maximum atomic E-state index is 11.4. The molecule has 2 heteroatoms. The summed E-state index contributed by atoms with van der Waals surface area (Å²) in [6.07, 6.45) is 0. The smallest absolute Gasteiger partial charge is 0.0721 e. The molecule has 0 spiro atoms. The van der Waals surface area contributed by atoms with E-state index in [1.54, 1.807) is 12.1 Å². The Morgan fingerprint density at radius 3 is 2.24 bits per heavy atom. The minimum absolute atomic E-state index is 0.244. The van der Waals surface area contributed by atoms with Crippen molar-refractivity contribution < 1.29 is 9.90 Å². The highest BCUT2D eigenvalue weighted by Gasteiger charge is 2.08. The molecule has 4 aromatic rings. The van der Waals surface area contributed by atoms with Crippen molar-refractivity contribution in [2.24, 2.45) is 0 Å². The summed E-state index contributed by atoms with van der Waals surface area (Å²) in [5, 5.41) is 17.4. The molecule has 0 atom stereocenters. The van der Waals surface area contributed by atoms with Gasteiger partial charge in [0.15, 0.2) is 0 Å². The third-order valence-electron chi connectivity index (χ3n) is 3.99. The Balaban J connectivity index is 2.29. The van der Waals surface area contributed by atoms with Gasteiger partial charge in [0, 0.05) is 5.56 Å². The van der Waals surface area contributed by atoms with Gasteiger partial charge < -0.3 is 9.90 Å². The highest BCUT2D eigenvalue weighted by Crippen LogP contribution is 2.32. The fourth-order valence-corrected chi connectivity index (χ4v) is 3.05. The molecule has 0 bridgehead atoms. The second-order valence-corrected chi connectivity index (χ2v) is 5.14. The van der Waals surface area contributed by atoms with Crippen LogP contribution in [-0.4, -0.2) is 5.97 Å². The van der Waals surface area contributed by atoms with Gasteiger partial charge in [0.25, 0.3) is 0 Å². The zero-order chi connectivity index (χ0) is 14.4. The van der Waals surface area contributed by atoms with E-state index in [0.29, 0.717) is 0 Å². The van der Waals surface area contributed by atoms with E-state index in [4.69, 9.17) is 0 Å². The zero-order valence-corrected chi connectivity index (χ0v) is 11.2. The lowest BCUT2D eigenvalue weighted by molar-refractivity contribution is -0.254. The van der Waals surface area contributed by atoms with Gasteiger partial charge in [0.05, 0.1) is 5.97 Å². The third kappa shape index (κ3) is 1.69. The summed E-state index contributed by atoms with van der Waals surface area (Å²) in [7, 11) is 0. The van der Waals surface area contributed by atoms with Gasteiger partial charge in [0.2, 0.25) is 0 Å². The number of hydrogen-bond acceptors (Lipinski definition) is 2. The minimum atomic E-state index is -1.14. The number of carboxylic acid groups (broad SMARTS) is 1. The summed E-state index contributed by atoms with van der Waals surface area (Å²) in [4.78, 5) is 11.4. The van der Waals surface area contributed by atoms with Crippen LogP contribution >= 0.6 is 0 Å². The predicted octanol–water partition coefficient (Wildman–Crippen LogP) is 3.51. The molecule has 0 aliphatic rings. The molecule has 0 aliphatic carbocycles. The van der Waals surface area contributed by atoms with Gasteiger partial charge in [-0.15, -0.1) is 0 Å². The Bertz CT molecular complexity index is 1020. The summed E-state index contributed by atoms with van der Waals surface area (Å²) in [5.74, 6) is -1.14. The number of benzene rings is 4. The molecular weight excluding hydrogens is 260 g/mol. The monoisotopic (exact) mass is 271 g/mol. The number of carbonyl (C=O) groups is 1. The Morgan fingerprint density at radius 2 is 1.38 bits per heavy atom. The molecule has 0 saturated heterocycles. The SMILES string of the molecule is O=C([O-])c1cccc2ccc3c4ccccc4ccc3c12. The first kappa shape index (κ1) is 11.9. The van der Waals surface area contributed by atoms with Gasteiger partial charge >= 0.3 is 0 Å². The molecule has 0 N–H and O–H groups in total. The summed E-state index contributed by atoms with van der Waals surface area (Å²) in [5.41, 5.74) is 0.244. The maximum Gasteiger partial charge on any atom is 0.0721 e. The van der Waals surface area contributed by atoms with E-state index in [1.807, 2.05) is 36.4 Å². The summed E-state index contributed by atoms with van der Waals surface area (Å²) in [6.45, 7) is 0. The van der Waals surface area contributed by atoms with Crippen LogP contribution in [0, 0.1) is 0 Å². The first-order valence-electron chi connectivity index (χ1n) is 6.80. The molecule has 0 fully saturated rings. The largest absolute Gasteiger partial charge is 0.545 e. The summed E-state index contributed by atoms with van der Waals surface area (Å²) in [6, 6.07) is 21.4. The number of rotatable bonds is 1. The van der Waals surface area contributed by atoms with Gasteiger partial charge in [0.1, 0.15) is 0 Å². The molecule has 0 unspecified atom stereocenters. The van der Waals surface area contributed by atoms with Crippen molar-refractivity contribution in [3.63, 3.8) is 0 Å². The fourth-order valence-electron chi connectivity index (χ4n) is 3.05. The zero-order valence-electron chi connectivity index (χ0n) is 11.2. The van der Waals surface area contributed by atoms with Gasteiger partial charge in [-0.1, -0.05) is 66.7 Å². The van der Waals surface area contributed by atoms with E-state index < -0.39 is 5.97 Å². The normalized spacial score (nSPS) is 11.2. The van der Waals surface area contributed by atoms with Crippen LogP contribution in [0.25, 0.3) is 32.3 Å². The van der Waals surface area contributed by atoms with Crippen molar-refractivity contribution in [3.8, 4) is 0 Å². The van der Waals surface area contributed by atoms with Gasteiger partial charge in [-0.05, 0) is 32.3 Å². The molecule has 4 aromatic carbocycles. The molecule has 0 aliphatic heterocycles. The second-order valence-electron chi connectivity index (χ2n) is 5.14. The van der Waals surface area contributed by atoms with Crippen LogP contribution in [0.15, 0.2) is 66.7 Å². The van der Waals surface area contributed by atoms with Crippen molar-refractivity contribution in [1.82, 2.24) is 0 Å². The van der Waals surface area contributed by atoms with Crippen molar-refractivity contribution >= 4 is 38.3 Å². The molecule has 0 amide bonds. The molecule has 0 heterocycles. The molecule has 2 nitrogen and oxygen atoms in total. The average molecular weight is 271 g/mol. The van der Waals surface area contributed by atoms with E-state index in [9.17, 15) is 9.90 Å². The van der Waals surface area contributed by atoms with E-state index in [1.165, 1.54) is 0 Å². The van der Waals surface area contributed by atoms with Gasteiger partial charge in [-0.25, -0.2) is 0 Å². The summed E-state index contributed by atoms with van der Waals surface area (Å²) < 4.78 is 0. The highest BCUT2D eigenvalue weighted by atomic mass is 16.4. The Morgan fingerprint density at radius 1 is 0.667 bits per heavy atom. The Hall–Kier alpha value is -2.87. The highest BCUT2D eigenvalue weighted by molar-refractivity contribution is 6.21. The second kappa shape index (κ2) is 4.32. The molecule has 0 saturated carbocycles. The number of hydrogen-bond donors (Lipinski definition) is 0. The standard InChI is InChI=1S/C19H12O2/c20-19(21)17-7-3-5-13-9-10-15-14-6-2-1-4-12(14)8-11-16(15)18(13)17/h1-11H,(H,20,21)/p-1. The number of carbonyl (C=O) groups excluding carboxylic acids is 1. The fraction of sp³-hybridized carbons (Fsp3) is 0. The van der Waals surface area contributed by atoms with Crippen LogP contribution in [0.4, 0.5) is 0 Å². The van der Waals surface area contributed by atoms with Crippen molar-refractivity contribution in [1.29, 1.82) is 0 Å². The Labute approximate surface area is 121 Å². The third-order valence-corrected chi connectivity index (χ3v) is 3.99. The lowest BCUT2D eigenvalue weighted by atomic mass is 9.94. The minimum Gasteiger partial charge on any atom is -0.545 e. The van der Waals surface area contributed by atoms with Crippen LogP contribution in [0.2, 0.25) is 0 Å². The molecule has 4 rings (SSSR count). The van der Waals surface area contributed by atoms with Gasteiger partial charge in [-0.2, -0.15) is 0 Å². The van der Waals surface area contributed by atoms with Crippen LogP contribution < -0.4 is 5.11 Å². The summed E-state index contributed by atoms with van der Waals surface area (Å²) >= 11 is 0. The molecular formula is C19H11O2-. The lowest BCUT2D eigenvalue weighted by Crippen LogP contribution is -2.22. The van der Waals surface area contributed by atoms with Crippen LogP contribution in [0.5, 0.6) is 0 Å². The average Bonchev–Trinajstić information content (AvgIpc) is 2.53. The topological polar surface area (TPSA) is 40.1 Å². The molecule has 21 heavy (non-hydrogen) atoms. The first-order valence-corrected chi connectivity index (χ1v) is 6.80. The van der Waals surface area contributed by atoms with Gasteiger partial charge in [-0.3, -0.25) is 0 Å². The lowest BCUT2D eigenvalue weighted by Gasteiger charge is -2.12. The maximum absolute atomic E-state index is 11.4. The molecule has 0 radical (unpaired) electrons. The van der Waals surface area contributed by atoms with E-state index >= 15 is 0 Å². The van der Waals surface area contributed by atoms with E-state index in [-0.39, 0.29) is 5.56 Å². The predicted molar refractivity (Wildman–Crippen MR) is 83.3 cm³/mol. The van der Waals surface area contributed by atoms with Crippen LogP contribution in [0.1, 0.15) is 10.4 Å². The van der Waals surface area contributed by atoms with E-state index in [2.05, 4.69) is 18.2 Å². The van der Waals surface area contributed by atoms with Crippen molar-refractivity contribution in [2.45, 2.75) is 0 Å². The molecule has 100 valence electrons. The number of aromatic carboxylic acids is 1. The van der Waals surface area contributed by atoms with Crippen LogP contribution in [0.3, 0.4) is 0 Å². The Kier molecular flexibility index (Phi) is 2.45. The molecule has 0 aromatic heterocycles. The van der Waals surface area contributed by atoms with E-state index in [0.717, 1.165) is 32.3 Å². The first-order chi connectivity index (χ1) is 10.3. The number of fused-ring (bicyclic) bond motifs is 5. The quantitative estimate of drug-likeness (QED) is 0.497. The van der Waals surface area contributed by atoms with Crippen molar-refractivity contribution in [3.05, 3.63) is 72.3 Å². The van der Waals surface area contributed by atoms with Crippen molar-refractivity contribution in [2.75, 3.05) is 0 Å². The van der Waals surface area contributed by atoms with Crippen LogP contribution in [-0.2, 0) is 0 Å².